The van der Waals surface area contributed by atoms with Gasteiger partial charge in [0.25, 0.3) is 0 Å². The van der Waals surface area contributed by atoms with Gasteiger partial charge >= 0.3 is 0 Å². The Balaban J connectivity index is 2.63. The summed E-state index contributed by atoms with van der Waals surface area (Å²) in [6, 6.07) is 3.71. The molecule has 17 heavy (non-hydrogen) atoms. The molecule has 1 amide bonds. The SMILES string of the molecule is C=C(C)CN(CC)C(=O)C=Cc1ccc(C)o1. The number of hydrogen-bond donors (Lipinski definition) is 0. The van der Waals surface area contributed by atoms with Crippen LogP contribution < -0.4 is 0 Å². The van der Waals surface area contributed by atoms with Crippen molar-refractivity contribution in [2.24, 2.45) is 0 Å². The molecule has 1 aromatic heterocycles. The van der Waals surface area contributed by atoms with Crippen LogP contribution in [0.4, 0.5) is 0 Å². The Hall–Kier alpha value is -1.77. The molecule has 0 aliphatic carbocycles. The second kappa shape index (κ2) is 6.09. The molecule has 0 fully saturated rings. The third-order valence-corrected chi connectivity index (χ3v) is 2.31. The number of carbonyl (C=O) groups is 1. The Kier molecular flexibility index (Phi) is 4.76. The monoisotopic (exact) mass is 233 g/mol. The minimum Gasteiger partial charge on any atom is -0.462 e. The van der Waals surface area contributed by atoms with Crippen molar-refractivity contribution < 1.29 is 9.21 Å². The minimum atomic E-state index is -0.0236. The molecule has 1 heterocycles. The quantitative estimate of drug-likeness (QED) is 0.578. The lowest BCUT2D eigenvalue weighted by Gasteiger charge is -2.18. The van der Waals surface area contributed by atoms with E-state index >= 15 is 0 Å². The molecule has 0 radical (unpaired) electrons. The largest absolute Gasteiger partial charge is 0.462 e. The Bertz CT molecular complexity index is 429. The molecule has 0 saturated heterocycles. The molecule has 1 rings (SSSR count). The fraction of sp³-hybridized carbons (Fsp3) is 0.357. The highest BCUT2D eigenvalue weighted by molar-refractivity contribution is 5.91. The second-order valence-corrected chi connectivity index (χ2v) is 4.09. The van der Waals surface area contributed by atoms with E-state index in [0.717, 1.165) is 11.3 Å². The molecule has 3 nitrogen and oxygen atoms in total. The van der Waals surface area contributed by atoms with Crippen LogP contribution in [0.1, 0.15) is 25.4 Å². The summed E-state index contributed by atoms with van der Waals surface area (Å²) in [5.41, 5.74) is 0.974. The molecule has 0 unspecified atom stereocenters. The van der Waals surface area contributed by atoms with E-state index in [9.17, 15) is 4.79 Å². The molecule has 0 spiro atoms. The van der Waals surface area contributed by atoms with Gasteiger partial charge in [0.15, 0.2) is 0 Å². The molecule has 0 N–H and O–H groups in total. The molecule has 92 valence electrons. The van der Waals surface area contributed by atoms with E-state index in [1.807, 2.05) is 32.9 Å². The molecule has 0 atom stereocenters. The van der Waals surface area contributed by atoms with Gasteiger partial charge < -0.3 is 9.32 Å². The van der Waals surface area contributed by atoms with Gasteiger partial charge in [0.2, 0.25) is 5.91 Å². The number of aryl methyl sites for hydroxylation is 1. The van der Waals surface area contributed by atoms with Crippen molar-refractivity contribution in [2.45, 2.75) is 20.8 Å². The predicted molar refractivity (Wildman–Crippen MR) is 69.5 cm³/mol. The van der Waals surface area contributed by atoms with Gasteiger partial charge in [0.05, 0.1) is 0 Å². The number of furan rings is 1. The van der Waals surface area contributed by atoms with E-state index in [1.54, 1.807) is 11.0 Å². The number of carbonyl (C=O) groups excluding carboxylic acids is 1. The molecule has 1 aromatic rings. The summed E-state index contributed by atoms with van der Waals surface area (Å²) in [7, 11) is 0. The number of amides is 1. The first-order chi connectivity index (χ1) is 8.02. The van der Waals surface area contributed by atoms with Gasteiger partial charge in [-0.05, 0) is 39.0 Å². The van der Waals surface area contributed by atoms with Crippen LogP contribution in [0.3, 0.4) is 0 Å². The molecular formula is C14H19NO2. The van der Waals surface area contributed by atoms with Crippen molar-refractivity contribution in [1.29, 1.82) is 0 Å². The first kappa shape index (κ1) is 13.3. The van der Waals surface area contributed by atoms with Crippen LogP contribution in [0.15, 0.2) is 34.8 Å². The second-order valence-electron chi connectivity index (χ2n) is 4.09. The van der Waals surface area contributed by atoms with Crippen LogP contribution >= 0.6 is 0 Å². The highest BCUT2D eigenvalue weighted by Crippen LogP contribution is 2.08. The maximum absolute atomic E-state index is 11.8. The number of likely N-dealkylation sites (N-methyl/N-ethyl adjacent to an activating group) is 1. The maximum atomic E-state index is 11.8. The fourth-order valence-corrected chi connectivity index (χ4v) is 1.47. The molecule has 0 aliphatic heterocycles. The lowest BCUT2D eigenvalue weighted by Crippen LogP contribution is -2.30. The topological polar surface area (TPSA) is 33.5 Å². The van der Waals surface area contributed by atoms with E-state index in [2.05, 4.69) is 6.58 Å². The Labute approximate surface area is 102 Å². The van der Waals surface area contributed by atoms with Gasteiger partial charge in [-0.3, -0.25) is 4.79 Å². The summed E-state index contributed by atoms with van der Waals surface area (Å²) in [4.78, 5) is 13.6. The molecule has 0 aliphatic rings. The Morgan fingerprint density at radius 3 is 2.71 bits per heavy atom. The Morgan fingerprint density at radius 1 is 1.53 bits per heavy atom. The van der Waals surface area contributed by atoms with E-state index in [1.165, 1.54) is 6.08 Å². The zero-order chi connectivity index (χ0) is 12.8. The third-order valence-electron chi connectivity index (χ3n) is 2.31. The van der Waals surface area contributed by atoms with Crippen LogP contribution in [-0.4, -0.2) is 23.9 Å². The van der Waals surface area contributed by atoms with Gasteiger partial charge in [0, 0.05) is 19.2 Å². The summed E-state index contributed by atoms with van der Waals surface area (Å²) in [6.45, 7) is 10.8. The predicted octanol–water partition coefficient (Wildman–Crippen LogP) is 3.03. The van der Waals surface area contributed by atoms with E-state index < -0.39 is 0 Å². The van der Waals surface area contributed by atoms with E-state index in [4.69, 9.17) is 4.42 Å². The van der Waals surface area contributed by atoms with Crippen LogP contribution in [0.25, 0.3) is 6.08 Å². The normalized spacial score (nSPS) is 10.8. The lowest BCUT2D eigenvalue weighted by atomic mass is 10.3. The van der Waals surface area contributed by atoms with Crippen molar-refractivity contribution in [3.05, 3.63) is 41.9 Å². The van der Waals surface area contributed by atoms with E-state index in [0.29, 0.717) is 18.8 Å². The van der Waals surface area contributed by atoms with Crippen LogP contribution in [0, 0.1) is 6.92 Å². The summed E-state index contributed by atoms with van der Waals surface area (Å²) < 4.78 is 5.35. The van der Waals surface area contributed by atoms with E-state index in [-0.39, 0.29) is 5.91 Å². The van der Waals surface area contributed by atoms with Gasteiger partial charge in [0.1, 0.15) is 11.5 Å². The minimum absolute atomic E-state index is 0.0236. The van der Waals surface area contributed by atoms with Gasteiger partial charge in [-0.15, -0.1) is 0 Å². The van der Waals surface area contributed by atoms with Gasteiger partial charge in [-0.2, -0.15) is 0 Å². The standard InChI is InChI=1S/C14H19NO2/c1-5-15(10-11(2)3)14(16)9-8-13-7-6-12(4)17-13/h6-9H,2,5,10H2,1,3-4H3. The smallest absolute Gasteiger partial charge is 0.246 e. The fourth-order valence-electron chi connectivity index (χ4n) is 1.47. The molecule has 0 saturated carbocycles. The summed E-state index contributed by atoms with van der Waals surface area (Å²) in [5.74, 6) is 1.51. The van der Waals surface area contributed by atoms with Crippen LogP contribution in [0.2, 0.25) is 0 Å². The molecule has 0 bridgehead atoms. The Morgan fingerprint density at radius 2 is 2.24 bits per heavy atom. The number of rotatable bonds is 5. The summed E-state index contributed by atoms with van der Waals surface area (Å²) in [6.07, 6.45) is 3.22. The molecule has 0 aromatic carbocycles. The molecule has 3 heteroatoms. The third kappa shape index (κ3) is 4.31. The van der Waals surface area contributed by atoms with Crippen LogP contribution in [0.5, 0.6) is 0 Å². The first-order valence-corrected chi connectivity index (χ1v) is 5.70. The summed E-state index contributed by atoms with van der Waals surface area (Å²) >= 11 is 0. The van der Waals surface area contributed by atoms with Crippen molar-refractivity contribution in [3.63, 3.8) is 0 Å². The van der Waals surface area contributed by atoms with Crippen molar-refractivity contribution in [1.82, 2.24) is 4.90 Å². The highest BCUT2D eigenvalue weighted by atomic mass is 16.3. The van der Waals surface area contributed by atoms with Crippen LogP contribution in [-0.2, 0) is 4.79 Å². The average molecular weight is 233 g/mol. The maximum Gasteiger partial charge on any atom is 0.246 e. The summed E-state index contributed by atoms with van der Waals surface area (Å²) in [5, 5.41) is 0. The van der Waals surface area contributed by atoms with Crippen molar-refractivity contribution in [3.8, 4) is 0 Å². The lowest BCUT2D eigenvalue weighted by molar-refractivity contribution is -0.125. The van der Waals surface area contributed by atoms with Gasteiger partial charge in [-0.1, -0.05) is 12.2 Å². The molecular weight excluding hydrogens is 214 g/mol. The highest BCUT2D eigenvalue weighted by Gasteiger charge is 2.07. The zero-order valence-corrected chi connectivity index (χ0v) is 10.7. The van der Waals surface area contributed by atoms with Gasteiger partial charge in [-0.25, -0.2) is 0 Å². The average Bonchev–Trinajstić information content (AvgIpc) is 2.68. The zero-order valence-electron chi connectivity index (χ0n) is 10.7. The van der Waals surface area contributed by atoms with Crippen molar-refractivity contribution >= 4 is 12.0 Å². The van der Waals surface area contributed by atoms with Crippen molar-refractivity contribution in [2.75, 3.05) is 13.1 Å². The first-order valence-electron chi connectivity index (χ1n) is 5.70. The number of nitrogens with zero attached hydrogens (tertiary/aromatic N) is 1. The number of hydrogen-bond acceptors (Lipinski definition) is 2.